The van der Waals surface area contributed by atoms with Crippen LogP contribution in [0.2, 0.25) is 0 Å². The summed E-state index contributed by atoms with van der Waals surface area (Å²) in [6.07, 6.45) is 2.60. The van der Waals surface area contributed by atoms with Gasteiger partial charge in [-0.15, -0.1) is 0 Å². The number of aromatic nitrogens is 1. The maximum atomic E-state index is 11.7. The van der Waals surface area contributed by atoms with Crippen LogP contribution in [0.5, 0.6) is 0 Å². The number of rotatable bonds is 1. The molecule has 1 amide bonds. The second-order valence-electron chi connectivity index (χ2n) is 5.05. The van der Waals surface area contributed by atoms with Crippen molar-refractivity contribution in [2.45, 2.75) is 6.42 Å². The third-order valence-electron chi connectivity index (χ3n) is 3.92. The highest BCUT2D eigenvalue weighted by molar-refractivity contribution is 6.07. The van der Waals surface area contributed by atoms with Gasteiger partial charge in [0, 0.05) is 17.1 Å². The topological polar surface area (TPSA) is 56.0 Å². The van der Waals surface area contributed by atoms with E-state index in [0.29, 0.717) is 5.56 Å². The molecule has 0 atom stereocenters. The quantitative estimate of drug-likeness (QED) is 0.572. The molecule has 1 aliphatic carbocycles. The molecular weight excluding hydrogens is 248 g/mol. The summed E-state index contributed by atoms with van der Waals surface area (Å²) in [7, 11) is 0. The van der Waals surface area contributed by atoms with Gasteiger partial charge in [0.15, 0.2) is 0 Å². The van der Waals surface area contributed by atoms with Crippen molar-refractivity contribution in [2.24, 2.45) is 5.73 Å². The van der Waals surface area contributed by atoms with E-state index in [1.54, 1.807) is 12.3 Å². The van der Waals surface area contributed by atoms with Crippen LogP contribution in [0.4, 0.5) is 0 Å². The highest BCUT2D eigenvalue weighted by Gasteiger charge is 2.22. The van der Waals surface area contributed by atoms with E-state index in [0.717, 1.165) is 34.0 Å². The first kappa shape index (κ1) is 11.2. The Morgan fingerprint density at radius 2 is 1.85 bits per heavy atom. The van der Waals surface area contributed by atoms with Gasteiger partial charge in [-0.05, 0) is 46.9 Å². The van der Waals surface area contributed by atoms with Gasteiger partial charge in [-0.25, -0.2) is 0 Å². The van der Waals surface area contributed by atoms with Gasteiger partial charge in [-0.1, -0.05) is 24.3 Å². The van der Waals surface area contributed by atoms with E-state index in [4.69, 9.17) is 5.73 Å². The average molecular weight is 260 g/mol. The molecule has 0 saturated heterocycles. The Labute approximate surface area is 116 Å². The number of hydrogen-bond acceptors (Lipinski definition) is 2. The van der Waals surface area contributed by atoms with Crippen molar-refractivity contribution in [1.82, 2.24) is 4.98 Å². The van der Waals surface area contributed by atoms with Crippen LogP contribution in [0.15, 0.2) is 48.7 Å². The summed E-state index contributed by atoms with van der Waals surface area (Å²) in [6.45, 7) is 0. The highest BCUT2D eigenvalue weighted by atomic mass is 16.1. The number of pyridine rings is 1. The zero-order valence-electron chi connectivity index (χ0n) is 10.8. The molecule has 1 heterocycles. The molecule has 3 nitrogen and oxygen atoms in total. The smallest absolute Gasteiger partial charge is 0.249 e. The number of amides is 1. The van der Waals surface area contributed by atoms with Gasteiger partial charge in [0.2, 0.25) is 5.91 Å². The Morgan fingerprint density at radius 3 is 2.70 bits per heavy atom. The second kappa shape index (κ2) is 3.90. The maximum Gasteiger partial charge on any atom is 0.249 e. The first-order valence-electron chi connectivity index (χ1n) is 6.54. The minimum atomic E-state index is -0.383. The third-order valence-corrected chi connectivity index (χ3v) is 3.92. The number of fused-ring (bicyclic) bond motifs is 2. The van der Waals surface area contributed by atoms with E-state index in [1.165, 1.54) is 5.56 Å². The number of hydrogen-bond donors (Lipinski definition) is 1. The molecule has 0 spiro atoms. The number of nitrogens with two attached hydrogens (primary N) is 1. The molecule has 0 unspecified atom stereocenters. The predicted octanol–water partition coefficient (Wildman–Crippen LogP) is 2.90. The predicted molar refractivity (Wildman–Crippen MR) is 78.5 cm³/mol. The Balaban J connectivity index is 2.18. The van der Waals surface area contributed by atoms with E-state index in [9.17, 15) is 4.79 Å². The molecule has 0 bridgehead atoms. The molecule has 2 N–H and O–H groups in total. The lowest BCUT2D eigenvalue weighted by atomic mass is 9.82. The summed E-state index contributed by atoms with van der Waals surface area (Å²) in [5.41, 5.74) is 11.5. The minimum Gasteiger partial charge on any atom is -0.366 e. The minimum absolute atomic E-state index is 0.383. The van der Waals surface area contributed by atoms with Gasteiger partial charge in [-0.3, -0.25) is 9.78 Å². The molecule has 4 rings (SSSR count). The van der Waals surface area contributed by atoms with Crippen LogP contribution in [-0.2, 0) is 6.42 Å². The summed E-state index contributed by atoms with van der Waals surface area (Å²) in [6, 6.07) is 13.9. The molecule has 0 fully saturated rings. The zero-order valence-corrected chi connectivity index (χ0v) is 10.8. The molecule has 2 aromatic carbocycles. The van der Waals surface area contributed by atoms with Crippen LogP contribution < -0.4 is 5.73 Å². The molecule has 20 heavy (non-hydrogen) atoms. The van der Waals surface area contributed by atoms with Crippen molar-refractivity contribution >= 4 is 16.8 Å². The number of benzene rings is 2. The Kier molecular flexibility index (Phi) is 2.18. The maximum absolute atomic E-state index is 11.7. The molecule has 96 valence electrons. The van der Waals surface area contributed by atoms with Crippen LogP contribution >= 0.6 is 0 Å². The lowest BCUT2D eigenvalue weighted by Gasteiger charge is -2.22. The summed E-state index contributed by atoms with van der Waals surface area (Å²) in [4.78, 5) is 16.1. The molecular formula is C17H12N2O. The van der Waals surface area contributed by atoms with Crippen molar-refractivity contribution in [3.63, 3.8) is 0 Å². The van der Waals surface area contributed by atoms with E-state index in [2.05, 4.69) is 17.1 Å². The van der Waals surface area contributed by atoms with Crippen molar-refractivity contribution in [2.75, 3.05) is 0 Å². The van der Waals surface area contributed by atoms with Crippen molar-refractivity contribution in [3.8, 4) is 11.1 Å². The second-order valence-corrected chi connectivity index (χ2v) is 5.05. The van der Waals surface area contributed by atoms with Gasteiger partial charge in [0.05, 0.1) is 5.52 Å². The van der Waals surface area contributed by atoms with E-state index in [-0.39, 0.29) is 5.91 Å². The monoisotopic (exact) mass is 260 g/mol. The molecule has 0 radical (unpaired) electrons. The Bertz CT molecular complexity index is 863. The lowest BCUT2D eigenvalue weighted by Crippen LogP contribution is -2.15. The Hall–Kier alpha value is -2.68. The SMILES string of the molecule is NC(=O)c1cccc2c1-c1ccnc3cccc(c13)C2. The van der Waals surface area contributed by atoms with E-state index in [1.807, 2.05) is 24.3 Å². The first-order valence-corrected chi connectivity index (χ1v) is 6.54. The number of primary amides is 1. The number of nitrogens with zero attached hydrogens (tertiary/aromatic N) is 1. The fourth-order valence-corrected chi connectivity index (χ4v) is 3.11. The van der Waals surface area contributed by atoms with Crippen LogP contribution in [0.25, 0.3) is 22.0 Å². The average Bonchev–Trinajstić information content (AvgIpc) is 2.47. The van der Waals surface area contributed by atoms with Crippen molar-refractivity contribution < 1.29 is 4.79 Å². The highest BCUT2D eigenvalue weighted by Crippen LogP contribution is 2.40. The third kappa shape index (κ3) is 1.40. The molecule has 1 aliphatic rings. The van der Waals surface area contributed by atoms with Gasteiger partial charge in [0.1, 0.15) is 0 Å². The van der Waals surface area contributed by atoms with Crippen LogP contribution in [0.3, 0.4) is 0 Å². The van der Waals surface area contributed by atoms with Gasteiger partial charge in [0.25, 0.3) is 0 Å². The summed E-state index contributed by atoms with van der Waals surface area (Å²) in [5, 5.41) is 1.14. The van der Waals surface area contributed by atoms with Gasteiger partial charge < -0.3 is 5.73 Å². The largest absolute Gasteiger partial charge is 0.366 e. The molecule has 0 saturated carbocycles. The fraction of sp³-hybridized carbons (Fsp3) is 0.0588. The Morgan fingerprint density at radius 1 is 1.05 bits per heavy atom. The summed E-state index contributed by atoms with van der Waals surface area (Å²) < 4.78 is 0. The summed E-state index contributed by atoms with van der Waals surface area (Å²) >= 11 is 0. The van der Waals surface area contributed by atoms with E-state index >= 15 is 0 Å². The van der Waals surface area contributed by atoms with Gasteiger partial charge in [-0.2, -0.15) is 0 Å². The first-order chi connectivity index (χ1) is 9.75. The molecule has 1 aromatic heterocycles. The molecule has 3 aromatic rings. The van der Waals surface area contributed by atoms with E-state index < -0.39 is 0 Å². The summed E-state index contributed by atoms with van der Waals surface area (Å²) in [5.74, 6) is -0.383. The number of carbonyl (C=O) groups excluding carboxylic acids is 1. The van der Waals surface area contributed by atoms with Crippen LogP contribution in [0.1, 0.15) is 21.5 Å². The van der Waals surface area contributed by atoms with Crippen LogP contribution in [0, 0.1) is 0 Å². The lowest BCUT2D eigenvalue weighted by molar-refractivity contribution is 0.100. The van der Waals surface area contributed by atoms with Crippen LogP contribution in [-0.4, -0.2) is 10.9 Å². The normalized spacial score (nSPS) is 12.2. The van der Waals surface area contributed by atoms with Crippen molar-refractivity contribution in [1.29, 1.82) is 0 Å². The standard InChI is InChI=1S/C17H12N2O/c18-17(20)13-5-1-3-10-9-11-4-2-6-14-16(11)12(15(10)13)7-8-19-14/h1-8H,9H2,(H2,18,20). The van der Waals surface area contributed by atoms with Gasteiger partial charge >= 0.3 is 0 Å². The number of carbonyl (C=O) groups is 1. The molecule has 0 aliphatic heterocycles. The zero-order chi connectivity index (χ0) is 13.7. The van der Waals surface area contributed by atoms with Crippen molar-refractivity contribution in [3.05, 3.63) is 65.4 Å². The molecule has 3 heteroatoms. The fourth-order valence-electron chi connectivity index (χ4n) is 3.11.